The number of nitrogens with zero attached hydrogens (tertiary/aromatic N) is 1. The Balaban J connectivity index is 1.86. The van der Waals surface area contributed by atoms with Crippen LogP contribution in [0.4, 0.5) is 9.18 Å². The quantitative estimate of drug-likeness (QED) is 0.546. The highest BCUT2D eigenvalue weighted by Gasteiger charge is 2.35. The molecule has 0 aromatic heterocycles. The van der Waals surface area contributed by atoms with Gasteiger partial charge in [-0.15, -0.1) is 0 Å². The van der Waals surface area contributed by atoms with Gasteiger partial charge in [0.05, 0.1) is 25.2 Å². The van der Waals surface area contributed by atoms with Gasteiger partial charge >= 0.3 is 0 Å². The molecule has 1 aliphatic rings. The van der Waals surface area contributed by atoms with Crippen LogP contribution in [0, 0.1) is 5.82 Å². The molecule has 3 rings (SSSR count). The SMILES string of the molecule is CCOc1cc(Br)c(C=C2SC(=O)N(Cc3ccc(F)cc3)C2=O)cc1OC. The van der Waals surface area contributed by atoms with E-state index in [1.165, 1.54) is 19.2 Å². The molecular formula is C20H17BrFNO4S. The number of carbonyl (C=O) groups is 2. The largest absolute Gasteiger partial charge is 0.493 e. The van der Waals surface area contributed by atoms with Gasteiger partial charge in [0.1, 0.15) is 5.82 Å². The fourth-order valence-corrected chi connectivity index (χ4v) is 3.91. The van der Waals surface area contributed by atoms with Crippen molar-refractivity contribution >= 4 is 44.9 Å². The Morgan fingerprint density at radius 1 is 1.18 bits per heavy atom. The van der Waals surface area contributed by atoms with Crippen molar-refractivity contribution in [3.8, 4) is 11.5 Å². The Kier molecular flexibility index (Phi) is 6.41. The first-order valence-electron chi connectivity index (χ1n) is 8.43. The van der Waals surface area contributed by atoms with Crippen LogP contribution in [0.15, 0.2) is 45.8 Å². The Morgan fingerprint density at radius 2 is 1.89 bits per heavy atom. The molecule has 0 bridgehead atoms. The van der Waals surface area contributed by atoms with E-state index in [1.54, 1.807) is 30.3 Å². The zero-order valence-corrected chi connectivity index (χ0v) is 17.6. The lowest BCUT2D eigenvalue weighted by molar-refractivity contribution is -0.123. The van der Waals surface area contributed by atoms with E-state index < -0.39 is 0 Å². The number of imide groups is 1. The summed E-state index contributed by atoms with van der Waals surface area (Å²) in [7, 11) is 1.53. The van der Waals surface area contributed by atoms with Gasteiger partial charge in [0, 0.05) is 4.47 Å². The molecular weight excluding hydrogens is 449 g/mol. The molecule has 0 atom stereocenters. The predicted molar refractivity (Wildman–Crippen MR) is 110 cm³/mol. The number of hydrogen-bond donors (Lipinski definition) is 0. The standard InChI is InChI=1S/C20H17BrFNO4S/c1-3-27-17-10-15(21)13(8-16(17)26-2)9-18-19(24)23(20(25)28-18)11-12-4-6-14(22)7-5-12/h4-10H,3,11H2,1-2H3. The fraction of sp³-hybridized carbons (Fsp3) is 0.200. The summed E-state index contributed by atoms with van der Waals surface area (Å²) in [5.74, 6) is 0.353. The molecule has 0 saturated carbocycles. The maximum Gasteiger partial charge on any atom is 0.293 e. The number of halogens is 2. The van der Waals surface area contributed by atoms with Gasteiger partial charge in [-0.3, -0.25) is 14.5 Å². The Morgan fingerprint density at radius 3 is 2.54 bits per heavy atom. The zero-order valence-electron chi connectivity index (χ0n) is 15.2. The first-order chi connectivity index (χ1) is 13.4. The minimum absolute atomic E-state index is 0.0933. The summed E-state index contributed by atoms with van der Waals surface area (Å²) in [6.07, 6.45) is 1.64. The smallest absolute Gasteiger partial charge is 0.293 e. The number of thioether (sulfide) groups is 1. The van der Waals surface area contributed by atoms with Gasteiger partial charge in [-0.1, -0.05) is 28.1 Å². The second kappa shape index (κ2) is 8.79. The van der Waals surface area contributed by atoms with Crippen LogP contribution >= 0.6 is 27.7 Å². The van der Waals surface area contributed by atoms with Crippen LogP contribution in [0.1, 0.15) is 18.1 Å². The molecule has 1 saturated heterocycles. The number of benzene rings is 2. The monoisotopic (exact) mass is 465 g/mol. The molecule has 0 unspecified atom stereocenters. The summed E-state index contributed by atoms with van der Waals surface area (Å²) in [6, 6.07) is 9.20. The van der Waals surface area contributed by atoms with Crippen LogP contribution in [-0.4, -0.2) is 29.8 Å². The molecule has 8 heteroatoms. The molecule has 5 nitrogen and oxygen atoms in total. The van der Waals surface area contributed by atoms with E-state index in [9.17, 15) is 14.0 Å². The summed E-state index contributed by atoms with van der Waals surface area (Å²) in [5.41, 5.74) is 1.36. The number of rotatable bonds is 6. The van der Waals surface area contributed by atoms with Crippen LogP contribution in [0.2, 0.25) is 0 Å². The second-order valence-corrected chi connectivity index (χ2v) is 7.70. The molecule has 0 radical (unpaired) electrons. The highest BCUT2D eigenvalue weighted by Crippen LogP contribution is 2.38. The first kappa shape index (κ1) is 20.4. The summed E-state index contributed by atoms with van der Waals surface area (Å²) >= 11 is 4.33. The van der Waals surface area contributed by atoms with Crippen molar-refractivity contribution in [2.24, 2.45) is 0 Å². The topological polar surface area (TPSA) is 55.8 Å². The summed E-state index contributed by atoms with van der Waals surface area (Å²) < 4.78 is 24.6. The van der Waals surface area contributed by atoms with Crippen molar-refractivity contribution in [1.29, 1.82) is 0 Å². The normalized spacial score (nSPS) is 15.4. The molecule has 28 heavy (non-hydrogen) atoms. The molecule has 146 valence electrons. The van der Waals surface area contributed by atoms with Crippen molar-refractivity contribution < 1.29 is 23.5 Å². The highest BCUT2D eigenvalue weighted by atomic mass is 79.9. The lowest BCUT2D eigenvalue weighted by Crippen LogP contribution is -2.27. The summed E-state index contributed by atoms with van der Waals surface area (Å²) in [6.45, 7) is 2.46. The van der Waals surface area contributed by atoms with Crippen LogP contribution in [0.3, 0.4) is 0 Å². The average Bonchev–Trinajstić information content (AvgIpc) is 2.93. The van der Waals surface area contributed by atoms with Crippen LogP contribution in [0.25, 0.3) is 6.08 Å². The van der Waals surface area contributed by atoms with Crippen molar-refractivity contribution in [3.05, 3.63) is 62.7 Å². The van der Waals surface area contributed by atoms with Crippen molar-refractivity contribution in [1.82, 2.24) is 4.90 Å². The zero-order chi connectivity index (χ0) is 20.3. The number of hydrogen-bond acceptors (Lipinski definition) is 5. The molecule has 0 spiro atoms. The van der Waals surface area contributed by atoms with E-state index in [0.717, 1.165) is 16.7 Å². The van der Waals surface area contributed by atoms with Gasteiger partial charge in [-0.05, 0) is 60.2 Å². The molecule has 0 aliphatic carbocycles. The van der Waals surface area contributed by atoms with E-state index >= 15 is 0 Å². The lowest BCUT2D eigenvalue weighted by atomic mass is 10.1. The lowest BCUT2D eigenvalue weighted by Gasteiger charge is -2.13. The van der Waals surface area contributed by atoms with Gasteiger partial charge < -0.3 is 9.47 Å². The average molecular weight is 466 g/mol. The minimum Gasteiger partial charge on any atom is -0.493 e. The third kappa shape index (κ3) is 4.39. The van der Waals surface area contributed by atoms with Gasteiger partial charge in [0.15, 0.2) is 11.5 Å². The van der Waals surface area contributed by atoms with Crippen LogP contribution in [0.5, 0.6) is 11.5 Å². The van der Waals surface area contributed by atoms with Gasteiger partial charge in [0.2, 0.25) is 0 Å². The van der Waals surface area contributed by atoms with E-state index in [2.05, 4.69) is 15.9 Å². The van der Waals surface area contributed by atoms with Gasteiger partial charge in [-0.25, -0.2) is 4.39 Å². The number of carbonyl (C=O) groups excluding carboxylic acids is 2. The molecule has 1 fully saturated rings. The molecule has 1 heterocycles. The molecule has 2 aromatic carbocycles. The number of ether oxygens (including phenoxy) is 2. The van der Waals surface area contributed by atoms with Crippen molar-refractivity contribution in [3.63, 3.8) is 0 Å². The third-order valence-corrected chi connectivity index (χ3v) is 5.59. The van der Waals surface area contributed by atoms with Gasteiger partial charge in [0.25, 0.3) is 11.1 Å². The summed E-state index contributed by atoms with van der Waals surface area (Å²) in [5, 5.41) is -0.366. The molecule has 2 aromatic rings. The second-order valence-electron chi connectivity index (χ2n) is 5.85. The summed E-state index contributed by atoms with van der Waals surface area (Å²) in [4.78, 5) is 26.4. The van der Waals surface area contributed by atoms with Crippen molar-refractivity contribution in [2.75, 3.05) is 13.7 Å². The molecule has 0 N–H and O–H groups in total. The Labute approximate surface area is 174 Å². The Bertz CT molecular complexity index is 946. The van der Waals surface area contributed by atoms with Crippen molar-refractivity contribution in [2.45, 2.75) is 13.5 Å². The molecule has 1 aliphatic heterocycles. The van der Waals surface area contributed by atoms with E-state index in [-0.39, 0.29) is 23.5 Å². The van der Waals surface area contributed by atoms with E-state index in [1.807, 2.05) is 6.92 Å². The third-order valence-electron chi connectivity index (χ3n) is 4.00. The highest BCUT2D eigenvalue weighted by molar-refractivity contribution is 9.10. The molecule has 2 amide bonds. The Hall–Kier alpha value is -2.32. The van der Waals surface area contributed by atoms with Crippen LogP contribution in [-0.2, 0) is 11.3 Å². The van der Waals surface area contributed by atoms with Gasteiger partial charge in [-0.2, -0.15) is 0 Å². The first-order valence-corrected chi connectivity index (χ1v) is 10.0. The van der Waals surface area contributed by atoms with E-state index in [0.29, 0.717) is 38.6 Å². The van der Waals surface area contributed by atoms with Crippen LogP contribution < -0.4 is 9.47 Å². The number of amides is 2. The fourth-order valence-electron chi connectivity index (χ4n) is 2.64. The number of methoxy groups -OCH3 is 1. The minimum atomic E-state index is -0.390. The maximum atomic E-state index is 13.1. The maximum absolute atomic E-state index is 13.1. The van der Waals surface area contributed by atoms with E-state index in [4.69, 9.17) is 9.47 Å². The predicted octanol–water partition coefficient (Wildman–Crippen LogP) is 5.23.